The van der Waals surface area contributed by atoms with Crippen LogP contribution in [0.2, 0.25) is 0 Å². The quantitative estimate of drug-likeness (QED) is 0.821. The first-order valence-electron chi connectivity index (χ1n) is 3.96. The molecule has 1 aromatic heterocycles. The molecule has 0 amide bonds. The van der Waals surface area contributed by atoms with Gasteiger partial charge in [-0.3, -0.25) is 4.68 Å². The molecule has 2 N–H and O–H groups in total. The van der Waals surface area contributed by atoms with Gasteiger partial charge in [0.05, 0.1) is 6.20 Å². The standard InChI is InChI=1S/C8H13N3.2ClH/c1-11-5-7(4-10-11)8(6-9)2-3-8;;/h4-5H,2-3,6,9H2,1H3;2*1H. The van der Waals surface area contributed by atoms with Crippen LogP contribution in [-0.2, 0) is 12.5 Å². The van der Waals surface area contributed by atoms with Gasteiger partial charge in [-0.25, -0.2) is 0 Å². The van der Waals surface area contributed by atoms with E-state index in [4.69, 9.17) is 5.73 Å². The van der Waals surface area contributed by atoms with Crippen molar-refractivity contribution >= 4 is 24.8 Å². The molecule has 0 aromatic carbocycles. The first-order valence-corrected chi connectivity index (χ1v) is 3.96. The predicted molar refractivity (Wildman–Crippen MR) is 57.7 cm³/mol. The fourth-order valence-electron chi connectivity index (χ4n) is 1.46. The molecule has 1 saturated carbocycles. The van der Waals surface area contributed by atoms with Gasteiger partial charge in [-0.1, -0.05) is 0 Å². The maximum Gasteiger partial charge on any atom is 0.0527 e. The molecule has 3 nitrogen and oxygen atoms in total. The average Bonchev–Trinajstić information content (AvgIpc) is 2.70. The molecule has 1 aliphatic carbocycles. The number of aromatic nitrogens is 2. The molecule has 1 fully saturated rings. The topological polar surface area (TPSA) is 43.8 Å². The Hall–Kier alpha value is -0.250. The third-order valence-electron chi connectivity index (χ3n) is 2.56. The summed E-state index contributed by atoms with van der Waals surface area (Å²) in [7, 11) is 1.94. The van der Waals surface area contributed by atoms with Crippen LogP contribution in [0.1, 0.15) is 18.4 Å². The van der Waals surface area contributed by atoms with Crippen LogP contribution in [-0.4, -0.2) is 16.3 Å². The van der Waals surface area contributed by atoms with Crippen LogP contribution in [0.5, 0.6) is 0 Å². The van der Waals surface area contributed by atoms with Crippen molar-refractivity contribution in [3.05, 3.63) is 18.0 Å². The number of nitrogens with two attached hydrogens (primary N) is 1. The highest BCUT2D eigenvalue weighted by Crippen LogP contribution is 2.46. The van der Waals surface area contributed by atoms with Crippen molar-refractivity contribution in [1.29, 1.82) is 0 Å². The minimum absolute atomic E-state index is 0. The summed E-state index contributed by atoms with van der Waals surface area (Å²) in [5.74, 6) is 0. The number of nitrogens with zero attached hydrogens (tertiary/aromatic N) is 2. The highest BCUT2D eigenvalue weighted by atomic mass is 35.5. The van der Waals surface area contributed by atoms with Crippen molar-refractivity contribution in [2.45, 2.75) is 18.3 Å². The molecular weight excluding hydrogens is 209 g/mol. The molecule has 13 heavy (non-hydrogen) atoms. The summed E-state index contributed by atoms with van der Waals surface area (Å²) in [5, 5.41) is 4.13. The van der Waals surface area contributed by atoms with E-state index in [9.17, 15) is 0 Å². The lowest BCUT2D eigenvalue weighted by Crippen LogP contribution is -2.18. The van der Waals surface area contributed by atoms with Crippen molar-refractivity contribution in [1.82, 2.24) is 9.78 Å². The number of hydrogen-bond donors (Lipinski definition) is 1. The number of rotatable bonds is 2. The van der Waals surface area contributed by atoms with Crippen LogP contribution in [0.15, 0.2) is 12.4 Å². The third kappa shape index (κ3) is 2.16. The summed E-state index contributed by atoms with van der Waals surface area (Å²) in [6.07, 6.45) is 6.46. The van der Waals surface area contributed by atoms with Gasteiger partial charge in [0.2, 0.25) is 0 Å². The van der Waals surface area contributed by atoms with Gasteiger partial charge in [0.25, 0.3) is 0 Å². The molecule has 1 heterocycles. The van der Waals surface area contributed by atoms with Crippen molar-refractivity contribution in [2.24, 2.45) is 12.8 Å². The van der Waals surface area contributed by atoms with Crippen LogP contribution < -0.4 is 5.73 Å². The van der Waals surface area contributed by atoms with E-state index in [1.807, 2.05) is 17.9 Å². The van der Waals surface area contributed by atoms with Gasteiger partial charge in [-0.2, -0.15) is 5.10 Å². The largest absolute Gasteiger partial charge is 0.330 e. The van der Waals surface area contributed by atoms with Gasteiger partial charge in [0.1, 0.15) is 0 Å². The molecule has 0 spiro atoms. The summed E-state index contributed by atoms with van der Waals surface area (Å²) in [4.78, 5) is 0. The monoisotopic (exact) mass is 223 g/mol. The second-order valence-electron chi connectivity index (χ2n) is 3.39. The van der Waals surface area contributed by atoms with Gasteiger partial charge < -0.3 is 5.73 Å². The predicted octanol–water partition coefficient (Wildman–Crippen LogP) is 1.25. The van der Waals surface area contributed by atoms with Gasteiger partial charge in [0, 0.05) is 25.2 Å². The van der Waals surface area contributed by atoms with E-state index in [0.717, 1.165) is 6.54 Å². The molecule has 0 atom stereocenters. The van der Waals surface area contributed by atoms with Crippen molar-refractivity contribution in [3.63, 3.8) is 0 Å². The Morgan fingerprint density at radius 2 is 2.15 bits per heavy atom. The Bertz CT molecular complexity index is 268. The van der Waals surface area contributed by atoms with Crippen molar-refractivity contribution < 1.29 is 0 Å². The molecule has 0 aliphatic heterocycles. The van der Waals surface area contributed by atoms with E-state index < -0.39 is 0 Å². The van der Waals surface area contributed by atoms with E-state index in [2.05, 4.69) is 11.3 Å². The van der Waals surface area contributed by atoms with Gasteiger partial charge >= 0.3 is 0 Å². The molecular formula is C8H15Cl2N3. The molecule has 0 saturated heterocycles. The first-order chi connectivity index (χ1) is 5.27. The minimum atomic E-state index is 0. The highest BCUT2D eigenvalue weighted by Gasteiger charge is 2.43. The SMILES string of the molecule is Cl.Cl.Cn1cc(C2(CN)CC2)cn1. The second-order valence-corrected chi connectivity index (χ2v) is 3.39. The molecule has 1 aliphatic rings. The average molecular weight is 224 g/mol. The molecule has 2 rings (SSSR count). The Morgan fingerprint density at radius 3 is 2.46 bits per heavy atom. The van der Waals surface area contributed by atoms with Gasteiger partial charge in [-0.05, 0) is 18.4 Å². The molecule has 0 radical (unpaired) electrons. The van der Waals surface area contributed by atoms with Crippen LogP contribution >= 0.6 is 24.8 Å². The molecule has 5 heteroatoms. The molecule has 0 bridgehead atoms. The van der Waals surface area contributed by atoms with Crippen LogP contribution in [0.3, 0.4) is 0 Å². The zero-order chi connectivity index (χ0) is 7.90. The van der Waals surface area contributed by atoms with Crippen LogP contribution in [0, 0.1) is 0 Å². The normalized spacial score (nSPS) is 17.1. The summed E-state index contributed by atoms with van der Waals surface area (Å²) >= 11 is 0. The Kier molecular flexibility index (Phi) is 4.23. The van der Waals surface area contributed by atoms with E-state index >= 15 is 0 Å². The van der Waals surface area contributed by atoms with Crippen molar-refractivity contribution in [2.75, 3.05) is 6.54 Å². The second kappa shape index (κ2) is 4.31. The van der Waals surface area contributed by atoms with Crippen LogP contribution in [0.25, 0.3) is 0 Å². The summed E-state index contributed by atoms with van der Waals surface area (Å²) in [6, 6.07) is 0. The lowest BCUT2D eigenvalue weighted by atomic mass is 10.0. The Labute approximate surface area is 90.5 Å². The number of aryl methyl sites for hydroxylation is 1. The minimum Gasteiger partial charge on any atom is -0.330 e. The number of halogens is 2. The summed E-state index contributed by atoms with van der Waals surface area (Å²) < 4.78 is 1.84. The maximum absolute atomic E-state index is 5.67. The fraction of sp³-hybridized carbons (Fsp3) is 0.625. The smallest absolute Gasteiger partial charge is 0.0527 e. The lowest BCUT2D eigenvalue weighted by Gasteiger charge is -2.07. The molecule has 0 unspecified atom stereocenters. The zero-order valence-electron chi connectivity index (χ0n) is 7.56. The first kappa shape index (κ1) is 12.8. The molecule has 76 valence electrons. The summed E-state index contributed by atoms with van der Waals surface area (Å²) in [6.45, 7) is 0.763. The van der Waals surface area contributed by atoms with Gasteiger partial charge in [-0.15, -0.1) is 24.8 Å². The molecule has 1 aromatic rings. The van der Waals surface area contributed by atoms with Gasteiger partial charge in [0.15, 0.2) is 0 Å². The Morgan fingerprint density at radius 1 is 1.54 bits per heavy atom. The zero-order valence-corrected chi connectivity index (χ0v) is 9.20. The van der Waals surface area contributed by atoms with Crippen molar-refractivity contribution in [3.8, 4) is 0 Å². The van der Waals surface area contributed by atoms with E-state index in [0.29, 0.717) is 5.41 Å². The summed E-state index contributed by atoms with van der Waals surface area (Å²) in [5.41, 5.74) is 7.28. The maximum atomic E-state index is 5.67. The fourth-order valence-corrected chi connectivity index (χ4v) is 1.46. The Balaban J connectivity index is 0.000000720. The number of hydrogen-bond acceptors (Lipinski definition) is 2. The van der Waals surface area contributed by atoms with E-state index in [1.165, 1.54) is 18.4 Å². The van der Waals surface area contributed by atoms with E-state index in [-0.39, 0.29) is 24.8 Å². The highest BCUT2D eigenvalue weighted by molar-refractivity contribution is 5.85. The van der Waals surface area contributed by atoms with Crippen LogP contribution in [0.4, 0.5) is 0 Å². The third-order valence-corrected chi connectivity index (χ3v) is 2.56. The lowest BCUT2D eigenvalue weighted by molar-refractivity contribution is 0.701. The van der Waals surface area contributed by atoms with E-state index in [1.54, 1.807) is 0 Å².